The molecule has 1 aliphatic heterocycles. The number of hydrogen-bond acceptors (Lipinski definition) is 4. The molecule has 1 aliphatic carbocycles. The molecule has 5 heteroatoms. The molecule has 0 spiro atoms. The average Bonchev–Trinajstić information content (AvgIpc) is 3.00. The number of aromatic nitrogens is 1. The molecule has 0 bridgehead atoms. The minimum absolute atomic E-state index is 0.0131. The third-order valence-electron chi connectivity index (χ3n) is 5.45. The van der Waals surface area contributed by atoms with Crippen LogP contribution < -0.4 is 5.32 Å². The zero-order chi connectivity index (χ0) is 17.2. The summed E-state index contributed by atoms with van der Waals surface area (Å²) in [6.45, 7) is 1.69. The lowest BCUT2D eigenvalue weighted by Crippen LogP contribution is -2.45. The standard InChI is InChI=1S/C20H23N3O2/c24-19-16-6-2-1-5-15(16)13-17(19)23-11-8-14(9-12-23)20(25)22-18-7-3-4-10-21-18/h1-7,10,14,17,19,24H,8-9,11-13H2,(H,21,22,25). The van der Waals surface area contributed by atoms with Crippen LogP contribution in [0, 0.1) is 5.92 Å². The van der Waals surface area contributed by atoms with Gasteiger partial charge in [0.25, 0.3) is 0 Å². The van der Waals surface area contributed by atoms with Gasteiger partial charge in [-0.1, -0.05) is 30.3 Å². The molecule has 130 valence electrons. The molecule has 1 aromatic carbocycles. The maximum atomic E-state index is 12.4. The van der Waals surface area contributed by atoms with Crippen molar-refractivity contribution in [1.82, 2.24) is 9.88 Å². The molecule has 2 N–H and O–H groups in total. The molecule has 1 aromatic heterocycles. The molecule has 1 amide bonds. The number of likely N-dealkylation sites (tertiary alicyclic amines) is 1. The molecule has 1 fully saturated rings. The fraction of sp³-hybridized carbons (Fsp3) is 0.400. The lowest BCUT2D eigenvalue weighted by Gasteiger charge is -2.36. The molecule has 4 rings (SSSR count). The molecular formula is C20H23N3O2. The van der Waals surface area contributed by atoms with Crippen LogP contribution in [0.5, 0.6) is 0 Å². The van der Waals surface area contributed by atoms with E-state index < -0.39 is 6.10 Å². The highest BCUT2D eigenvalue weighted by Crippen LogP contribution is 2.36. The summed E-state index contributed by atoms with van der Waals surface area (Å²) in [6, 6.07) is 13.8. The van der Waals surface area contributed by atoms with E-state index >= 15 is 0 Å². The lowest BCUT2D eigenvalue weighted by molar-refractivity contribution is -0.121. The van der Waals surface area contributed by atoms with Gasteiger partial charge in [-0.3, -0.25) is 9.69 Å². The molecule has 2 aliphatic rings. The summed E-state index contributed by atoms with van der Waals surface area (Å²) in [5.74, 6) is 0.671. The van der Waals surface area contributed by atoms with Gasteiger partial charge in [0.2, 0.25) is 5.91 Å². The number of carbonyl (C=O) groups excluding carboxylic acids is 1. The molecule has 5 nitrogen and oxygen atoms in total. The van der Waals surface area contributed by atoms with Gasteiger partial charge in [-0.15, -0.1) is 0 Å². The van der Waals surface area contributed by atoms with E-state index in [1.54, 1.807) is 12.3 Å². The summed E-state index contributed by atoms with van der Waals surface area (Å²) in [7, 11) is 0. The van der Waals surface area contributed by atoms with Crippen LogP contribution in [-0.4, -0.2) is 40.0 Å². The van der Waals surface area contributed by atoms with Crippen LogP contribution in [0.3, 0.4) is 0 Å². The Labute approximate surface area is 147 Å². The Morgan fingerprint density at radius 3 is 2.60 bits per heavy atom. The number of carbonyl (C=O) groups is 1. The first-order valence-corrected chi connectivity index (χ1v) is 8.94. The van der Waals surface area contributed by atoms with Crippen LogP contribution in [-0.2, 0) is 11.2 Å². The van der Waals surface area contributed by atoms with Crippen LogP contribution in [0.1, 0.15) is 30.1 Å². The van der Waals surface area contributed by atoms with Crippen molar-refractivity contribution in [2.75, 3.05) is 18.4 Å². The number of anilines is 1. The first kappa shape index (κ1) is 16.2. The van der Waals surface area contributed by atoms with Gasteiger partial charge in [0.15, 0.2) is 0 Å². The summed E-state index contributed by atoms with van der Waals surface area (Å²) >= 11 is 0. The number of benzene rings is 1. The lowest BCUT2D eigenvalue weighted by atomic mass is 9.94. The van der Waals surface area contributed by atoms with E-state index in [-0.39, 0.29) is 17.9 Å². The summed E-state index contributed by atoms with van der Waals surface area (Å²) in [5, 5.41) is 13.5. The Morgan fingerprint density at radius 1 is 1.12 bits per heavy atom. The highest BCUT2D eigenvalue weighted by molar-refractivity contribution is 5.91. The summed E-state index contributed by atoms with van der Waals surface area (Å²) < 4.78 is 0. The van der Waals surface area contributed by atoms with Crippen molar-refractivity contribution < 1.29 is 9.90 Å². The van der Waals surface area contributed by atoms with Crippen LogP contribution in [0.15, 0.2) is 48.7 Å². The van der Waals surface area contributed by atoms with Gasteiger partial charge in [-0.2, -0.15) is 0 Å². The van der Waals surface area contributed by atoms with Crippen LogP contribution in [0.4, 0.5) is 5.82 Å². The summed E-state index contributed by atoms with van der Waals surface area (Å²) in [5.41, 5.74) is 2.30. The second kappa shape index (κ2) is 6.94. The number of rotatable bonds is 3. The van der Waals surface area contributed by atoms with Crippen molar-refractivity contribution in [3.8, 4) is 0 Å². The van der Waals surface area contributed by atoms with Crippen molar-refractivity contribution in [3.63, 3.8) is 0 Å². The Morgan fingerprint density at radius 2 is 1.88 bits per heavy atom. The van der Waals surface area contributed by atoms with Crippen molar-refractivity contribution in [1.29, 1.82) is 0 Å². The molecule has 2 unspecified atom stereocenters. The predicted octanol–water partition coefficient (Wildman–Crippen LogP) is 2.39. The fourth-order valence-corrected chi connectivity index (χ4v) is 4.04. The normalized spacial score (nSPS) is 24.0. The number of nitrogens with one attached hydrogen (secondary N) is 1. The van der Waals surface area contributed by atoms with E-state index in [1.165, 1.54) is 5.56 Å². The van der Waals surface area contributed by atoms with E-state index in [1.807, 2.05) is 30.3 Å². The number of amides is 1. The quantitative estimate of drug-likeness (QED) is 0.903. The van der Waals surface area contributed by atoms with Crippen molar-refractivity contribution in [2.24, 2.45) is 5.92 Å². The van der Waals surface area contributed by atoms with Crippen molar-refractivity contribution in [2.45, 2.75) is 31.4 Å². The Kier molecular flexibility index (Phi) is 4.51. The number of fused-ring (bicyclic) bond motifs is 1. The number of hydrogen-bond donors (Lipinski definition) is 2. The molecule has 2 heterocycles. The summed E-state index contributed by atoms with van der Waals surface area (Å²) in [4.78, 5) is 18.9. The van der Waals surface area contributed by atoms with Crippen LogP contribution in [0.25, 0.3) is 0 Å². The maximum Gasteiger partial charge on any atom is 0.228 e. The van der Waals surface area contributed by atoms with Crippen LogP contribution in [0.2, 0.25) is 0 Å². The smallest absolute Gasteiger partial charge is 0.228 e. The SMILES string of the molecule is O=C(Nc1ccccn1)C1CCN(C2Cc3ccccc3C2O)CC1. The van der Waals surface area contributed by atoms with Gasteiger partial charge in [-0.25, -0.2) is 4.98 Å². The third-order valence-corrected chi connectivity index (χ3v) is 5.45. The van der Waals surface area contributed by atoms with E-state index in [2.05, 4.69) is 21.3 Å². The fourth-order valence-electron chi connectivity index (χ4n) is 4.04. The molecule has 2 atom stereocenters. The van der Waals surface area contributed by atoms with Gasteiger partial charge >= 0.3 is 0 Å². The molecule has 2 aromatic rings. The van der Waals surface area contributed by atoms with E-state index in [4.69, 9.17) is 0 Å². The number of piperidine rings is 1. The second-order valence-electron chi connectivity index (χ2n) is 6.93. The Hall–Kier alpha value is -2.24. The number of aliphatic hydroxyl groups excluding tert-OH is 1. The maximum absolute atomic E-state index is 12.4. The van der Waals surface area contributed by atoms with Gasteiger partial charge in [0.05, 0.1) is 6.10 Å². The topological polar surface area (TPSA) is 65.5 Å². The monoisotopic (exact) mass is 337 g/mol. The zero-order valence-corrected chi connectivity index (χ0v) is 14.1. The minimum Gasteiger partial charge on any atom is -0.387 e. The Bertz CT molecular complexity index is 742. The summed E-state index contributed by atoms with van der Waals surface area (Å²) in [6.07, 6.45) is 3.78. The third kappa shape index (κ3) is 3.30. The van der Waals surface area contributed by atoms with E-state index in [0.717, 1.165) is 37.9 Å². The zero-order valence-electron chi connectivity index (χ0n) is 14.1. The number of aliphatic hydroxyl groups is 1. The van der Waals surface area contributed by atoms with Crippen molar-refractivity contribution in [3.05, 3.63) is 59.8 Å². The minimum atomic E-state index is -0.421. The molecule has 0 radical (unpaired) electrons. The molecule has 0 saturated carbocycles. The molecule has 1 saturated heterocycles. The second-order valence-corrected chi connectivity index (χ2v) is 6.93. The average molecular weight is 337 g/mol. The highest BCUT2D eigenvalue weighted by Gasteiger charge is 2.37. The highest BCUT2D eigenvalue weighted by atomic mass is 16.3. The largest absolute Gasteiger partial charge is 0.387 e. The van der Waals surface area contributed by atoms with Crippen molar-refractivity contribution >= 4 is 11.7 Å². The van der Waals surface area contributed by atoms with Gasteiger partial charge in [-0.05, 0) is 55.6 Å². The predicted molar refractivity (Wildman–Crippen MR) is 96.1 cm³/mol. The first-order valence-electron chi connectivity index (χ1n) is 8.94. The molecule has 25 heavy (non-hydrogen) atoms. The number of nitrogens with zero attached hydrogens (tertiary/aromatic N) is 2. The Balaban J connectivity index is 1.34. The van der Waals surface area contributed by atoms with E-state index in [9.17, 15) is 9.90 Å². The van der Waals surface area contributed by atoms with Gasteiger partial charge in [0.1, 0.15) is 5.82 Å². The molecular weight excluding hydrogens is 314 g/mol. The number of pyridine rings is 1. The first-order chi connectivity index (χ1) is 12.2. The van der Waals surface area contributed by atoms with Gasteiger partial charge in [0, 0.05) is 18.2 Å². The van der Waals surface area contributed by atoms with Gasteiger partial charge < -0.3 is 10.4 Å². The van der Waals surface area contributed by atoms with E-state index in [0.29, 0.717) is 5.82 Å². The van der Waals surface area contributed by atoms with Crippen LogP contribution >= 0.6 is 0 Å².